The average molecular weight is 1100 g/mol. The highest BCUT2D eigenvalue weighted by molar-refractivity contribution is 5.76. The fourth-order valence-corrected chi connectivity index (χ4v) is 11.3. The highest BCUT2D eigenvalue weighted by Gasteiger charge is 2.20. The Hall–Kier alpha value is -1.66. The maximum absolute atomic E-state index is 12.5. The minimum absolute atomic E-state index is 0.0199. The molecule has 2 atom stereocenters. The molecular formula is C72H139NO5. The molecule has 0 spiro atoms. The minimum atomic E-state index is -0.661. The number of unbranched alkanes of at least 4 members (excludes halogenated alkanes) is 52. The summed E-state index contributed by atoms with van der Waals surface area (Å²) < 4.78 is 5.48. The molecule has 0 saturated carbocycles. The number of rotatable bonds is 67. The van der Waals surface area contributed by atoms with Crippen LogP contribution in [0.4, 0.5) is 0 Å². The van der Waals surface area contributed by atoms with Gasteiger partial charge in [-0.3, -0.25) is 9.59 Å². The Bertz CT molecular complexity index is 1220. The van der Waals surface area contributed by atoms with Gasteiger partial charge in [0, 0.05) is 12.8 Å². The molecule has 0 aromatic carbocycles. The molecule has 462 valence electrons. The van der Waals surface area contributed by atoms with Crippen LogP contribution in [0.2, 0.25) is 0 Å². The molecule has 0 aliphatic carbocycles. The van der Waals surface area contributed by atoms with Gasteiger partial charge in [0.25, 0.3) is 0 Å². The predicted octanol–water partition coefficient (Wildman–Crippen LogP) is 22.9. The van der Waals surface area contributed by atoms with E-state index in [9.17, 15) is 19.8 Å². The summed E-state index contributed by atoms with van der Waals surface area (Å²) in [4.78, 5) is 24.5. The number of aliphatic hydroxyl groups excluding tert-OH is 2. The van der Waals surface area contributed by atoms with Crippen molar-refractivity contribution in [2.75, 3.05) is 13.2 Å². The van der Waals surface area contributed by atoms with E-state index in [1.54, 1.807) is 0 Å². The van der Waals surface area contributed by atoms with Crippen LogP contribution in [-0.2, 0) is 14.3 Å². The van der Waals surface area contributed by atoms with Gasteiger partial charge < -0.3 is 20.3 Å². The monoisotopic (exact) mass is 1100 g/mol. The van der Waals surface area contributed by atoms with Crippen molar-refractivity contribution >= 4 is 11.9 Å². The molecule has 3 N–H and O–H groups in total. The van der Waals surface area contributed by atoms with Crippen molar-refractivity contribution in [1.82, 2.24) is 5.32 Å². The van der Waals surface area contributed by atoms with Crippen LogP contribution in [0.5, 0.6) is 0 Å². The summed E-state index contributed by atoms with van der Waals surface area (Å²) in [6.45, 7) is 4.98. The van der Waals surface area contributed by atoms with Crippen LogP contribution in [0.3, 0.4) is 0 Å². The Morgan fingerprint density at radius 3 is 0.974 bits per heavy atom. The number of carbonyl (C=O) groups is 2. The molecule has 0 aromatic heterocycles. The number of aliphatic hydroxyl groups is 2. The molecule has 0 bridgehead atoms. The summed E-state index contributed by atoms with van der Waals surface area (Å²) in [6, 6.07) is -0.538. The van der Waals surface area contributed by atoms with E-state index in [0.29, 0.717) is 25.9 Å². The molecule has 6 nitrogen and oxygen atoms in total. The Kier molecular flexibility index (Phi) is 66.4. The SMILES string of the molecule is CCCCCCCCCCCCCCC(=O)OCCCCCCCCCCCCCCC/C=C\C/C=C\CCCCCCCCCCCCCCCCCCCC(=O)NC(CO)C(O)CCCCCCCCCCCCCC. The molecule has 6 heteroatoms. The number of hydrogen-bond donors (Lipinski definition) is 3. The van der Waals surface area contributed by atoms with E-state index in [-0.39, 0.29) is 18.5 Å². The van der Waals surface area contributed by atoms with Gasteiger partial charge in [-0.05, 0) is 57.8 Å². The van der Waals surface area contributed by atoms with Crippen molar-refractivity contribution in [3.05, 3.63) is 24.3 Å². The van der Waals surface area contributed by atoms with Crippen molar-refractivity contribution in [3.8, 4) is 0 Å². The van der Waals surface area contributed by atoms with Gasteiger partial charge in [-0.2, -0.15) is 0 Å². The number of allylic oxidation sites excluding steroid dienone is 4. The van der Waals surface area contributed by atoms with E-state index in [0.717, 1.165) is 44.9 Å². The van der Waals surface area contributed by atoms with Crippen molar-refractivity contribution < 1.29 is 24.5 Å². The number of hydrogen-bond acceptors (Lipinski definition) is 5. The topological polar surface area (TPSA) is 95.9 Å². The zero-order chi connectivity index (χ0) is 56.4. The van der Waals surface area contributed by atoms with Crippen LogP contribution in [-0.4, -0.2) is 47.4 Å². The number of esters is 1. The molecule has 1 amide bonds. The van der Waals surface area contributed by atoms with Crippen LogP contribution >= 0.6 is 0 Å². The molecule has 0 heterocycles. The third-order valence-electron chi connectivity index (χ3n) is 16.8. The largest absolute Gasteiger partial charge is 0.466 e. The second kappa shape index (κ2) is 67.8. The van der Waals surface area contributed by atoms with Crippen LogP contribution in [0, 0.1) is 0 Å². The van der Waals surface area contributed by atoms with Gasteiger partial charge in [0.15, 0.2) is 0 Å². The fourth-order valence-electron chi connectivity index (χ4n) is 11.3. The first kappa shape index (κ1) is 76.3. The summed E-state index contributed by atoms with van der Waals surface area (Å²) in [6.07, 6.45) is 85.3. The predicted molar refractivity (Wildman–Crippen MR) is 343 cm³/mol. The van der Waals surface area contributed by atoms with Crippen LogP contribution in [0.25, 0.3) is 0 Å². The summed E-state index contributed by atoms with van der Waals surface area (Å²) in [5.41, 5.74) is 0. The lowest BCUT2D eigenvalue weighted by Gasteiger charge is -2.22. The molecule has 0 rings (SSSR count). The number of carbonyl (C=O) groups excluding carboxylic acids is 2. The molecule has 0 fully saturated rings. The van der Waals surface area contributed by atoms with Crippen LogP contribution in [0.1, 0.15) is 399 Å². The van der Waals surface area contributed by atoms with E-state index in [2.05, 4.69) is 43.5 Å². The Morgan fingerprint density at radius 2 is 0.641 bits per heavy atom. The van der Waals surface area contributed by atoms with Gasteiger partial charge >= 0.3 is 5.97 Å². The Labute approximate surface area is 488 Å². The van der Waals surface area contributed by atoms with E-state index in [1.807, 2.05) is 0 Å². The zero-order valence-corrected chi connectivity index (χ0v) is 52.9. The van der Waals surface area contributed by atoms with E-state index in [1.165, 1.54) is 321 Å². The number of ether oxygens (including phenoxy) is 1. The normalized spacial score (nSPS) is 12.6. The van der Waals surface area contributed by atoms with E-state index >= 15 is 0 Å². The molecule has 0 aliphatic rings. The second-order valence-corrected chi connectivity index (χ2v) is 24.6. The lowest BCUT2D eigenvalue weighted by Crippen LogP contribution is -2.45. The highest BCUT2D eigenvalue weighted by atomic mass is 16.5. The molecule has 0 saturated heterocycles. The summed E-state index contributed by atoms with van der Waals surface area (Å²) >= 11 is 0. The van der Waals surface area contributed by atoms with Crippen molar-refractivity contribution in [1.29, 1.82) is 0 Å². The number of nitrogens with one attached hydrogen (secondary N) is 1. The Balaban J connectivity index is 3.34. The summed E-state index contributed by atoms with van der Waals surface area (Å²) in [7, 11) is 0. The van der Waals surface area contributed by atoms with Gasteiger partial charge in [0.2, 0.25) is 5.91 Å². The second-order valence-electron chi connectivity index (χ2n) is 24.6. The van der Waals surface area contributed by atoms with Gasteiger partial charge in [-0.15, -0.1) is 0 Å². The summed E-state index contributed by atoms with van der Waals surface area (Å²) in [5, 5.41) is 23.3. The molecular weight excluding hydrogens is 959 g/mol. The first-order valence-corrected chi connectivity index (χ1v) is 35.6. The van der Waals surface area contributed by atoms with E-state index < -0.39 is 12.1 Å². The maximum Gasteiger partial charge on any atom is 0.305 e. The molecule has 0 aromatic rings. The quantitative estimate of drug-likeness (QED) is 0.0320. The third kappa shape index (κ3) is 63.5. The third-order valence-corrected chi connectivity index (χ3v) is 16.8. The van der Waals surface area contributed by atoms with Gasteiger partial charge in [0.05, 0.1) is 25.4 Å². The maximum atomic E-state index is 12.5. The molecule has 2 unspecified atom stereocenters. The van der Waals surface area contributed by atoms with Crippen molar-refractivity contribution in [2.45, 2.75) is 411 Å². The first-order chi connectivity index (χ1) is 38.5. The average Bonchev–Trinajstić information content (AvgIpc) is 3.44. The number of amides is 1. The fraction of sp³-hybridized carbons (Fsp3) is 0.917. The first-order valence-electron chi connectivity index (χ1n) is 35.6. The van der Waals surface area contributed by atoms with Gasteiger partial charge in [-0.25, -0.2) is 0 Å². The zero-order valence-electron chi connectivity index (χ0n) is 52.9. The standard InChI is InChI=1S/C72H139NO5/c1-3-5-7-9-11-13-15-44-48-52-56-60-64-70(75)69(68-74)73-71(76)65-61-57-53-49-45-42-40-38-36-34-32-30-28-26-24-22-20-18-17-19-21-23-25-27-29-31-33-35-37-39-41-43-47-51-55-59-63-67-78-72(77)66-62-58-54-50-46-16-14-12-10-8-6-4-2/h17,19,23,25,69-70,74-75H,3-16,18,20-22,24,26-68H2,1-2H3,(H,73,76)/b19-17-,25-23-. The molecule has 0 radical (unpaired) electrons. The van der Waals surface area contributed by atoms with Gasteiger partial charge in [0.1, 0.15) is 0 Å². The van der Waals surface area contributed by atoms with Crippen molar-refractivity contribution in [2.24, 2.45) is 0 Å². The van der Waals surface area contributed by atoms with Crippen LogP contribution < -0.4 is 5.32 Å². The Morgan fingerprint density at radius 1 is 0.359 bits per heavy atom. The van der Waals surface area contributed by atoms with Gasteiger partial charge in [-0.1, -0.05) is 353 Å². The molecule has 78 heavy (non-hydrogen) atoms. The lowest BCUT2D eigenvalue weighted by molar-refractivity contribution is -0.143. The van der Waals surface area contributed by atoms with Crippen LogP contribution in [0.15, 0.2) is 24.3 Å². The summed E-state index contributed by atoms with van der Waals surface area (Å²) in [5.74, 6) is -0.0107. The lowest BCUT2D eigenvalue weighted by atomic mass is 10.0. The molecule has 0 aliphatic heterocycles. The minimum Gasteiger partial charge on any atom is -0.466 e. The van der Waals surface area contributed by atoms with Crippen molar-refractivity contribution in [3.63, 3.8) is 0 Å². The highest BCUT2D eigenvalue weighted by Crippen LogP contribution is 2.19. The smallest absolute Gasteiger partial charge is 0.305 e. The van der Waals surface area contributed by atoms with E-state index in [4.69, 9.17) is 4.74 Å².